The Hall–Kier alpha value is -1.10. The largest absolute Gasteiger partial charge is 0.392 e. The van der Waals surface area contributed by atoms with Crippen molar-refractivity contribution in [3.63, 3.8) is 0 Å². The van der Waals surface area contributed by atoms with Crippen molar-refractivity contribution in [2.45, 2.75) is 101 Å². The molecule has 170 valence electrons. The van der Waals surface area contributed by atoms with E-state index in [1.807, 2.05) is 0 Å². The summed E-state index contributed by atoms with van der Waals surface area (Å²) in [4.78, 5) is 2.51. The van der Waals surface area contributed by atoms with Gasteiger partial charge in [-0.05, 0) is 36.8 Å². The minimum atomic E-state index is -0.273. The number of para-hydroxylation sites is 1. The molecule has 10 atom stereocenters. The quantitative estimate of drug-likeness (QED) is 0.512. The van der Waals surface area contributed by atoms with Crippen molar-refractivity contribution in [3.8, 4) is 0 Å². The van der Waals surface area contributed by atoms with Gasteiger partial charge in [0.25, 0.3) is 0 Å². The molecule has 0 aromatic heterocycles. The molecule has 1 spiro atoms. The molecule has 4 unspecified atom stereocenters. The first-order valence-corrected chi connectivity index (χ1v) is 13.1. The third-order valence-electron chi connectivity index (χ3n) is 10.8. The Balaban J connectivity index is 1.46. The number of rotatable bonds is 7. The van der Waals surface area contributed by atoms with Crippen LogP contribution in [0.5, 0.6) is 0 Å². The van der Waals surface area contributed by atoms with Crippen LogP contribution in [0.1, 0.15) is 70.8 Å². The van der Waals surface area contributed by atoms with Crippen molar-refractivity contribution < 1.29 is 14.7 Å². The fourth-order valence-corrected chi connectivity index (χ4v) is 9.83. The summed E-state index contributed by atoms with van der Waals surface area (Å²) in [5, 5.41) is 24.0. The Morgan fingerprint density at radius 2 is 1.84 bits per heavy atom. The molecule has 1 aliphatic carbocycles. The van der Waals surface area contributed by atoms with Crippen LogP contribution in [-0.4, -0.2) is 58.7 Å². The highest BCUT2D eigenvalue weighted by atomic mass is 16.3. The molecule has 5 bridgehead atoms. The van der Waals surface area contributed by atoms with E-state index in [-0.39, 0.29) is 17.7 Å². The van der Waals surface area contributed by atoms with Crippen molar-refractivity contribution >= 4 is 5.69 Å². The lowest BCUT2D eigenvalue weighted by Gasteiger charge is -2.68. The molecule has 1 aromatic carbocycles. The van der Waals surface area contributed by atoms with E-state index in [1.165, 1.54) is 49.8 Å². The Labute approximate surface area is 187 Å². The Bertz CT molecular complexity index is 859. The van der Waals surface area contributed by atoms with Gasteiger partial charge in [-0.25, -0.2) is 0 Å². The van der Waals surface area contributed by atoms with Gasteiger partial charge in [0.2, 0.25) is 0 Å². The van der Waals surface area contributed by atoms with E-state index in [1.54, 1.807) is 0 Å². The van der Waals surface area contributed by atoms with Crippen LogP contribution in [0.15, 0.2) is 24.3 Å². The van der Waals surface area contributed by atoms with E-state index in [2.05, 4.69) is 50.1 Å². The highest BCUT2D eigenvalue weighted by molar-refractivity contribution is 5.66. The lowest BCUT2D eigenvalue weighted by Crippen LogP contribution is -2.83. The summed E-state index contributed by atoms with van der Waals surface area (Å²) >= 11 is 0. The number of fused-ring (bicyclic) bond motifs is 2. The number of aliphatic hydroxyl groups is 2. The summed E-state index contributed by atoms with van der Waals surface area (Å²) < 4.78 is 0.896. The summed E-state index contributed by atoms with van der Waals surface area (Å²) in [6.45, 7) is 5.64. The second-order valence-electron chi connectivity index (χ2n) is 11.5. The normalized spacial score (nSPS) is 48.4. The van der Waals surface area contributed by atoms with E-state index < -0.39 is 0 Å². The average Bonchev–Trinajstić information content (AvgIpc) is 3.16. The molecule has 1 saturated carbocycles. The zero-order valence-electron chi connectivity index (χ0n) is 19.6. The number of nitrogens with zero attached hydrogens (tertiary/aromatic N) is 2. The van der Waals surface area contributed by atoms with Crippen LogP contribution in [0.25, 0.3) is 0 Å². The molecule has 2 N–H and O–H groups in total. The standard InChI is InChI=1S/C27H41N2O2/c1-4-6-7-8-11-14-29-21-15-18(17(5-2)26(29)31)23-22(29)16-27(25(23)30)19-12-9-10-13-20(19)28(3)24(21)27/h9-10,12-13,17-18,21-26,30-31H,4-8,11,14-16H2,1-3H3/q+1/t17-,18+,21?,22-,23?,24-,25?,26+,27+,29?/m0/s1. The number of likely N-dealkylation sites (N-methyl/N-ethyl adjacent to an activating group) is 1. The molecule has 4 saturated heterocycles. The molecule has 4 nitrogen and oxygen atoms in total. The van der Waals surface area contributed by atoms with Crippen molar-refractivity contribution in [1.82, 2.24) is 0 Å². The predicted molar refractivity (Wildman–Crippen MR) is 124 cm³/mol. The van der Waals surface area contributed by atoms with Crippen LogP contribution in [0.3, 0.4) is 0 Å². The molecule has 1 aromatic rings. The van der Waals surface area contributed by atoms with Crippen LogP contribution < -0.4 is 4.90 Å². The topological polar surface area (TPSA) is 43.7 Å². The van der Waals surface area contributed by atoms with Gasteiger partial charge in [-0.1, -0.05) is 51.3 Å². The van der Waals surface area contributed by atoms with Gasteiger partial charge in [0.15, 0.2) is 6.23 Å². The molecule has 6 aliphatic rings. The number of hydrogen-bond donors (Lipinski definition) is 2. The Morgan fingerprint density at radius 1 is 1.06 bits per heavy atom. The molecule has 0 radical (unpaired) electrons. The third kappa shape index (κ3) is 2.23. The number of benzene rings is 1. The third-order valence-corrected chi connectivity index (χ3v) is 10.8. The number of aliphatic hydroxyl groups excluding tert-OH is 2. The summed E-state index contributed by atoms with van der Waals surface area (Å²) in [7, 11) is 2.26. The van der Waals surface area contributed by atoms with Gasteiger partial charge in [-0.15, -0.1) is 0 Å². The van der Waals surface area contributed by atoms with Crippen molar-refractivity contribution in [2.24, 2.45) is 17.8 Å². The van der Waals surface area contributed by atoms with Gasteiger partial charge in [0.1, 0.15) is 6.04 Å². The average molecular weight is 426 g/mol. The van der Waals surface area contributed by atoms with Crippen LogP contribution in [0.4, 0.5) is 5.69 Å². The Morgan fingerprint density at radius 3 is 2.61 bits per heavy atom. The maximum atomic E-state index is 12.1. The molecular weight excluding hydrogens is 384 g/mol. The lowest BCUT2D eigenvalue weighted by molar-refractivity contribution is -1.04. The maximum absolute atomic E-state index is 12.1. The van der Waals surface area contributed by atoms with E-state index in [0.29, 0.717) is 35.9 Å². The van der Waals surface area contributed by atoms with E-state index in [0.717, 1.165) is 23.9 Å². The van der Waals surface area contributed by atoms with Gasteiger partial charge >= 0.3 is 0 Å². The molecule has 5 fully saturated rings. The van der Waals surface area contributed by atoms with Crippen molar-refractivity contribution in [1.29, 1.82) is 0 Å². The van der Waals surface area contributed by atoms with Crippen LogP contribution in [0, 0.1) is 17.8 Å². The molecule has 0 amide bonds. The van der Waals surface area contributed by atoms with Gasteiger partial charge in [-0.2, -0.15) is 0 Å². The number of piperidine rings is 4. The molecule has 31 heavy (non-hydrogen) atoms. The highest BCUT2D eigenvalue weighted by Gasteiger charge is 2.82. The second-order valence-corrected chi connectivity index (χ2v) is 11.5. The summed E-state index contributed by atoms with van der Waals surface area (Å²) in [6.07, 6.45) is 9.15. The van der Waals surface area contributed by atoms with E-state index >= 15 is 0 Å². The monoisotopic (exact) mass is 425 g/mol. The predicted octanol–water partition coefficient (Wildman–Crippen LogP) is 4.04. The van der Waals surface area contributed by atoms with Crippen LogP contribution in [-0.2, 0) is 5.41 Å². The fraction of sp³-hybridized carbons (Fsp3) is 0.778. The van der Waals surface area contributed by atoms with Gasteiger partial charge < -0.3 is 15.1 Å². The van der Waals surface area contributed by atoms with Crippen molar-refractivity contribution in [2.75, 3.05) is 18.5 Å². The van der Waals surface area contributed by atoms with Crippen LogP contribution in [0.2, 0.25) is 0 Å². The first-order valence-electron chi connectivity index (χ1n) is 13.1. The maximum Gasteiger partial charge on any atom is 0.194 e. The number of quaternary nitrogens is 1. The SMILES string of the molecule is CCCCCCC[N+]12C3C[C@@H](C4C(O)[C@]5(C[C@@H]41)c1ccccc1N(C)[C@@H]35)[C@H](CC)[C@H]2O. The second kappa shape index (κ2) is 6.95. The van der Waals surface area contributed by atoms with Gasteiger partial charge in [0, 0.05) is 37.4 Å². The highest BCUT2D eigenvalue weighted by Crippen LogP contribution is 2.71. The minimum Gasteiger partial charge on any atom is -0.392 e. The number of anilines is 1. The first-order chi connectivity index (χ1) is 15.0. The summed E-state index contributed by atoms with van der Waals surface area (Å²) in [6, 6.07) is 10.0. The molecule has 7 rings (SSSR count). The molecular formula is C27H41N2O2+. The van der Waals surface area contributed by atoms with Crippen molar-refractivity contribution in [3.05, 3.63) is 29.8 Å². The minimum absolute atomic E-state index is 0.133. The fourth-order valence-electron chi connectivity index (χ4n) is 9.83. The lowest BCUT2D eigenvalue weighted by atomic mass is 9.60. The Kier molecular flexibility index (Phi) is 4.60. The zero-order chi connectivity index (χ0) is 21.5. The van der Waals surface area contributed by atoms with Gasteiger partial charge in [0.05, 0.1) is 30.1 Å². The molecule has 5 aliphatic heterocycles. The molecule has 5 heterocycles. The summed E-state index contributed by atoms with van der Waals surface area (Å²) in [5.41, 5.74) is 2.57. The number of unbranched alkanes of at least 4 members (excludes halogenated alkanes) is 4. The number of hydrogen-bond acceptors (Lipinski definition) is 3. The van der Waals surface area contributed by atoms with E-state index in [9.17, 15) is 10.2 Å². The summed E-state index contributed by atoms with van der Waals surface area (Å²) in [5.74, 6) is 1.18. The zero-order valence-corrected chi connectivity index (χ0v) is 19.6. The first kappa shape index (κ1) is 20.5. The van der Waals surface area contributed by atoms with E-state index in [4.69, 9.17) is 0 Å². The smallest absolute Gasteiger partial charge is 0.194 e. The van der Waals surface area contributed by atoms with Gasteiger partial charge in [-0.3, -0.25) is 4.48 Å². The van der Waals surface area contributed by atoms with Crippen LogP contribution >= 0.6 is 0 Å². The molecule has 4 heteroatoms.